The molecular weight excluding hydrogens is 295 g/mol. The van der Waals surface area contributed by atoms with Crippen LogP contribution in [0.25, 0.3) is 0 Å². The molecule has 0 spiro atoms. The molecule has 1 aliphatic heterocycles. The van der Waals surface area contributed by atoms with Crippen molar-refractivity contribution in [2.75, 3.05) is 5.32 Å². The highest BCUT2D eigenvalue weighted by Gasteiger charge is 2.38. The van der Waals surface area contributed by atoms with E-state index in [1.807, 2.05) is 0 Å². The monoisotopic (exact) mass is 310 g/mol. The molecule has 23 heavy (non-hydrogen) atoms. The smallest absolute Gasteiger partial charge is 0.269 e. The molecule has 1 aliphatic carbocycles. The van der Waals surface area contributed by atoms with Crippen molar-refractivity contribution in [1.82, 2.24) is 0 Å². The standard InChI is InChI=1S/C18H15FN2O2/c19-12-6-9-17-16(10-12)14-2-1-3-15(14)18(20-17)11-4-7-13(8-5-11)21(22)23/h1-2,4-10,14-15,18,20H,3H2. The van der Waals surface area contributed by atoms with Gasteiger partial charge in [-0.3, -0.25) is 10.1 Å². The summed E-state index contributed by atoms with van der Waals surface area (Å²) in [6.45, 7) is 0. The van der Waals surface area contributed by atoms with Crippen molar-refractivity contribution in [3.05, 3.63) is 81.7 Å². The van der Waals surface area contributed by atoms with Gasteiger partial charge in [0.15, 0.2) is 0 Å². The van der Waals surface area contributed by atoms with Gasteiger partial charge in [-0.05, 0) is 41.7 Å². The van der Waals surface area contributed by atoms with Crippen LogP contribution in [0, 0.1) is 21.8 Å². The summed E-state index contributed by atoms with van der Waals surface area (Å²) in [6, 6.07) is 11.6. The molecule has 2 aliphatic rings. The van der Waals surface area contributed by atoms with Crippen molar-refractivity contribution in [1.29, 1.82) is 0 Å². The largest absolute Gasteiger partial charge is 0.378 e. The van der Waals surface area contributed by atoms with Gasteiger partial charge >= 0.3 is 0 Å². The highest BCUT2D eigenvalue weighted by molar-refractivity contribution is 5.60. The quantitative estimate of drug-likeness (QED) is 0.502. The van der Waals surface area contributed by atoms with Gasteiger partial charge in [0.1, 0.15) is 5.82 Å². The lowest BCUT2D eigenvalue weighted by Gasteiger charge is -2.37. The summed E-state index contributed by atoms with van der Waals surface area (Å²) in [7, 11) is 0. The first kappa shape index (κ1) is 13.9. The van der Waals surface area contributed by atoms with Gasteiger partial charge < -0.3 is 5.32 Å². The van der Waals surface area contributed by atoms with Crippen LogP contribution in [-0.4, -0.2) is 4.92 Å². The van der Waals surface area contributed by atoms with Crippen molar-refractivity contribution in [3.63, 3.8) is 0 Å². The second kappa shape index (κ2) is 5.19. The van der Waals surface area contributed by atoms with Crippen molar-refractivity contribution < 1.29 is 9.31 Å². The van der Waals surface area contributed by atoms with Gasteiger partial charge in [-0.25, -0.2) is 4.39 Å². The molecule has 1 heterocycles. The van der Waals surface area contributed by atoms with Crippen LogP contribution in [0.1, 0.15) is 29.5 Å². The number of benzene rings is 2. The van der Waals surface area contributed by atoms with Gasteiger partial charge in [0.25, 0.3) is 5.69 Å². The molecule has 5 heteroatoms. The number of allylic oxidation sites excluding steroid dienone is 2. The van der Waals surface area contributed by atoms with E-state index in [2.05, 4.69) is 17.5 Å². The van der Waals surface area contributed by atoms with Crippen molar-refractivity contribution in [2.45, 2.75) is 18.4 Å². The van der Waals surface area contributed by atoms with Gasteiger partial charge in [0, 0.05) is 23.7 Å². The Kier molecular flexibility index (Phi) is 3.15. The number of hydrogen-bond acceptors (Lipinski definition) is 3. The molecule has 0 radical (unpaired) electrons. The van der Waals surface area contributed by atoms with Gasteiger partial charge in [-0.1, -0.05) is 24.3 Å². The van der Waals surface area contributed by atoms with Crippen LogP contribution in [0.3, 0.4) is 0 Å². The predicted octanol–water partition coefficient (Wildman–Crippen LogP) is 4.56. The lowest BCUT2D eigenvalue weighted by Crippen LogP contribution is -2.29. The maximum absolute atomic E-state index is 13.6. The molecule has 0 saturated heterocycles. The Morgan fingerprint density at radius 3 is 2.70 bits per heavy atom. The highest BCUT2D eigenvalue weighted by Crippen LogP contribution is 2.49. The van der Waals surface area contributed by atoms with Gasteiger partial charge in [-0.2, -0.15) is 0 Å². The van der Waals surface area contributed by atoms with Gasteiger partial charge in [0.05, 0.1) is 11.0 Å². The van der Waals surface area contributed by atoms with Crippen LogP contribution < -0.4 is 5.32 Å². The average Bonchev–Trinajstić information content (AvgIpc) is 3.04. The summed E-state index contributed by atoms with van der Waals surface area (Å²) in [5, 5.41) is 14.3. The van der Waals surface area contributed by atoms with Crippen LogP contribution >= 0.6 is 0 Å². The lowest BCUT2D eigenvalue weighted by molar-refractivity contribution is -0.384. The Morgan fingerprint density at radius 1 is 1.17 bits per heavy atom. The predicted molar refractivity (Wildman–Crippen MR) is 85.8 cm³/mol. The maximum Gasteiger partial charge on any atom is 0.269 e. The topological polar surface area (TPSA) is 55.2 Å². The third-order valence-corrected chi connectivity index (χ3v) is 4.79. The third-order valence-electron chi connectivity index (χ3n) is 4.79. The molecule has 0 saturated carbocycles. The van der Waals surface area contributed by atoms with Gasteiger partial charge in [-0.15, -0.1) is 0 Å². The van der Waals surface area contributed by atoms with E-state index >= 15 is 0 Å². The fourth-order valence-electron chi connectivity index (χ4n) is 3.70. The summed E-state index contributed by atoms with van der Waals surface area (Å²) in [5.41, 5.74) is 3.03. The second-order valence-electron chi connectivity index (χ2n) is 6.06. The van der Waals surface area contributed by atoms with Crippen molar-refractivity contribution >= 4 is 11.4 Å². The van der Waals surface area contributed by atoms with Crippen LogP contribution in [-0.2, 0) is 0 Å². The number of nitrogens with zero attached hydrogens (tertiary/aromatic N) is 1. The van der Waals surface area contributed by atoms with E-state index < -0.39 is 4.92 Å². The summed E-state index contributed by atoms with van der Waals surface area (Å²) >= 11 is 0. The van der Waals surface area contributed by atoms with Crippen molar-refractivity contribution in [2.24, 2.45) is 5.92 Å². The van der Waals surface area contributed by atoms with Crippen LogP contribution in [0.15, 0.2) is 54.6 Å². The number of nitrogens with one attached hydrogen (secondary N) is 1. The number of hydrogen-bond donors (Lipinski definition) is 1. The zero-order valence-corrected chi connectivity index (χ0v) is 12.3. The fourth-order valence-corrected chi connectivity index (χ4v) is 3.70. The van der Waals surface area contributed by atoms with Crippen LogP contribution in [0.2, 0.25) is 0 Å². The Hall–Kier alpha value is -2.69. The zero-order valence-electron chi connectivity index (χ0n) is 12.3. The zero-order chi connectivity index (χ0) is 16.0. The SMILES string of the molecule is O=[N+]([O-])c1ccc(C2Nc3ccc(F)cc3C3C=CCC32)cc1. The average molecular weight is 310 g/mol. The molecule has 3 unspecified atom stereocenters. The molecule has 0 fully saturated rings. The first-order valence-electron chi connectivity index (χ1n) is 7.60. The number of nitro benzene ring substituents is 1. The highest BCUT2D eigenvalue weighted by atomic mass is 19.1. The Labute approximate surface area is 132 Å². The number of fused-ring (bicyclic) bond motifs is 3. The van der Waals surface area contributed by atoms with E-state index in [0.29, 0.717) is 5.92 Å². The minimum atomic E-state index is -0.393. The molecule has 4 rings (SSSR count). The van der Waals surface area contributed by atoms with Crippen molar-refractivity contribution in [3.8, 4) is 0 Å². The van der Waals surface area contributed by atoms with E-state index in [4.69, 9.17) is 0 Å². The van der Waals surface area contributed by atoms with Crippen LogP contribution in [0.5, 0.6) is 0 Å². The minimum absolute atomic E-state index is 0.0637. The summed E-state index contributed by atoms with van der Waals surface area (Å²) in [5.74, 6) is 0.256. The number of anilines is 1. The fraction of sp³-hybridized carbons (Fsp3) is 0.222. The molecule has 0 aromatic heterocycles. The number of nitro groups is 1. The summed E-state index contributed by atoms with van der Waals surface area (Å²) < 4.78 is 13.6. The summed E-state index contributed by atoms with van der Waals surface area (Å²) in [6.07, 6.45) is 5.19. The number of rotatable bonds is 2. The molecule has 2 aromatic rings. The van der Waals surface area contributed by atoms with E-state index in [-0.39, 0.29) is 23.5 Å². The molecule has 4 nitrogen and oxygen atoms in total. The molecule has 2 aromatic carbocycles. The normalized spacial score (nSPS) is 24.7. The third kappa shape index (κ3) is 2.29. The minimum Gasteiger partial charge on any atom is -0.378 e. The number of halogens is 1. The number of non-ortho nitro benzene ring substituents is 1. The maximum atomic E-state index is 13.6. The molecule has 3 atom stereocenters. The first-order chi connectivity index (χ1) is 11.1. The van der Waals surface area contributed by atoms with E-state index in [1.54, 1.807) is 24.3 Å². The molecular formula is C18H15FN2O2. The second-order valence-corrected chi connectivity index (χ2v) is 6.06. The molecule has 116 valence electrons. The Bertz CT molecular complexity index is 801. The lowest BCUT2D eigenvalue weighted by atomic mass is 9.77. The molecule has 1 N–H and O–H groups in total. The van der Waals surface area contributed by atoms with Crippen LogP contribution in [0.4, 0.5) is 15.8 Å². The first-order valence-corrected chi connectivity index (χ1v) is 7.60. The van der Waals surface area contributed by atoms with E-state index in [0.717, 1.165) is 23.2 Å². The molecule has 0 bridgehead atoms. The Morgan fingerprint density at radius 2 is 1.96 bits per heavy atom. The Balaban J connectivity index is 1.73. The van der Waals surface area contributed by atoms with Gasteiger partial charge in [0.2, 0.25) is 0 Å². The summed E-state index contributed by atoms with van der Waals surface area (Å²) in [4.78, 5) is 10.4. The van der Waals surface area contributed by atoms with E-state index in [9.17, 15) is 14.5 Å². The molecule has 0 amide bonds. The van der Waals surface area contributed by atoms with E-state index in [1.165, 1.54) is 18.2 Å².